The average Bonchev–Trinajstić information content (AvgIpc) is 2.90. The lowest BCUT2D eigenvalue weighted by Gasteiger charge is -2.22. The van der Waals surface area contributed by atoms with E-state index in [1.807, 2.05) is 81.1 Å². The fourth-order valence-corrected chi connectivity index (χ4v) is 2.01. The molecule has 0 spiro atoms. The number of ether oxygens (including phenoxy) is 1. The van der Waals surface area contributed by atoms with Crippen LogP contribution in [0.2, 0.25) is 0 Å². The zero-order chi connectivity index (χ0) is 15.5. The Balaban J connectivity index is 2.00. The SMILES string of the molecule is C[C@@H](NC(=O)OC(C)(C)C)c1ccc(-n2cccc2)cc1. The van der Waals surface area contributed by atoms with Crippen molar-refractivity contribution in [2.45, 2.75) is 39.3 Å². The lowest BCUT2D eigenvalue weighted by molar-refractivity contribution is 0.0508. The Kier molecular flexibility index (Phi) is 4.36. The Morgan fingerprint density at radius 1 is 1.14 bits per heavy atom. The van der Waals surface area contributed by atoms with E-state index in [0.717, 1.165) is 11.3 Å². The van der Waals surface area contributed by atoms with Crippen LogP contribution in [0.1, 0.15) is 39.3 Å². The first kappa shape index (κ1) is 15.2. The van der Waals surface area contributed by atoms with Gasteiger partial charge in [0.1, 0.15) is 5.60 Å². The van der Waals surface area contributed by atoms with E-state index in [0.29, 0.717) is 0 Å². The molecule has 0 unspecified atom stereocenters. The Morgan fingerprint density at radius 3 is 2.24 bits per heavy atom. The van der Waals surface area contributed by atoms with Gasteiger partial charge in [-0.15, -0.1) is 0 Å². The molecule has 112 valence electrons. The molecule has 4 nitrogen and oxygen atoms in total. The van der Waals surface area contributed by atoms with Gasteiger partial charge in [-0.05, 0) is 57.5 Å². The molecule has 0 aliphatic rings. The largest absolute Gasteiger partial charge is 0.444 e. The third-order valence-electron chi connectivity index (χ3n) is 3.03. The number of carbonyl (C=O) groups is 1. The van der Waals surface area contributed by atoms with Crippen LogP contribution >= 0.6 is 0 Å². The summed E-state index contributed by atoms with van der Waals surface area (Å²) in [5, 5.41) is 2.84. The fraction of sp³-hybridized carbons (Fsp3) is 0.353. The molecule has 1 aromatic heterocycles. The Bertz CT molecular complexity index is 580. The highest BCUT2D eigenvalue weighted by molar-refractivity contribution is 5.68. The molecule has 0 aliphatic carbocycles. The molecule has 1 N–H and O–H groups in total. The van der Waals surface area contributed by atoms with Crippen molar-refractivity contribution >= 4 is 6.09 Å². The zero-order valence-corrected chi connectivity index (χ0v) is 13.0. The normalized spacial score (nSPS) is 12.8. The number of aromatic nitrogens is 1. The minimum Gasteiger partial charge on any atom is -0.444 e. The molecule has 1 heterocycles. The number of hydrogen-bond donors (Lipinski definition) is 1. The van der Waals surface area contributed by atoms with Gasteiger partial charge in [0.05, 0.1) is 6.04 Å². The minimum atomic E-state index is -0.484. The number of amides is 1. The molecule has 1 atom stereocenters. The minimum absolute atomic E-state index is 0.0986. The summed E-state index contributed by atoms with van der Waals surface area (Å²) in [6, 6.07) is 12.0. The van der Waals surface area contributed by atoms with E-state index in [2.05, 4.69) is 5.32 Å². The van der Waals surface area contributed by atoms with E-state index in [4.69, 9.17) is 4.74 Å². The van der Waals surface area contributed by atoms with Crippen LogP contribution in [0.3, 0.4) is 0 Å². The van der Waals surface area contributed by atoms with Crippen LogP contribution in [-0.2, 0) is 4.74 Å². The number of nitrogens with zero attached hydrogens (tertiary/aromatic N) is 1. The van der Waals surface area contributed by atoms with Gasteiger partial charge in [-0.2, -0.15) is 0 Å². The molecule has 0 saturated carbocycles. The number of alkyl carbamates (subject to hydrolysis) is 1. The van der Waals surface area contributed by atoms with Crippen molar-refractivity contribution in [2.24, 2.45) is 0 Å². The molecular weight excluding hydrogens is 264 g/mol. The van der Waals surface area contributed by atoms with E-state index < -0.39 is 11.7 Å². The van der Waals surface area contributed by atoms with Gasteiger partial charge >= 0.3 is 6.09 Å². The number of nitrogens with one attached hydrogen (secondary N) is 1. The second-order valence-corrected chi connectivity index (χ2v) is 6.05. The summed E-state index contributed by atoms with van der Waals surface area (Å²) in [6.07, 6.45) is 3.60. The molecule has 0 radical (unpaired) electrons. The highest BCUT2D eigenvalue weighted by Crippen LogP contribution is 2.17. The van der Waals surface area contributed by atoms with Gasteiger partial charge in [-0.1, -0.05) is 12.1 Å². The maximum absolute atomic E-state index is 11.8. The van der Waals surface area contributed by atoms with E-state index in [1.54, 1.807) is 0 Å². The quantitative estimate of drug-likeness (QED) is 0.924. The average molecular weight is 286 g/mol. The summed E-state index contributed by atoms with van der Waals surface area (Å²) in [7, 11) is 0. The van der Waals surface area contributed by atoms with Crippen LogP contribution in [0.5, 0.6) is 0 Å². The van der Waals surface area contributed by atoms with Gasteiger partial charge in [0.2, 0.25) is 0 Å². The van der Waals surface area contributed by atoms with Gasteiger partial charge < -0.3 is 14.6 Å². The Morgan fingerprint density at radius 2 is 1.71 bits per heavy atom. The predicted octanol–water partition coefficient (Wildman–Crippen LogP) is 4.06. The molecule has 4 heteroatoms. The summed E-state index contributed by atoms with van der Waals surface area (Å²) in [4.78, 5) is 11.8. The van der Waals surface area contributed by atoms with Crippen LogP contribution in [0.4, 0.5) is 4.79 Å². The van der Waals surface area contributed by atoms with Crippen molar-refractivity contribution < 1.29 is 9.53 Å². The van der Waals surface area contributed by atoms with Gasteiger partial charge in [0.25, 0.3) is 0 Å². The smallest absolute Gasteiger partial charge is 0.408 e. The molecule has 2 aromatic rings. The molecule has 1 amide bonds. The van der Waals surface area contributed by atoms with E-state index in [1.165, 1.54) is 0 Å². The monoisotopic (exact) mass is 286 g/mol. The maximum atomic E-state index is 11.8. The van der Waals surface area contributed by atoms with Gasteiger partial charge in [-0.3, -0.25) is 0 Å². The summed E-state index contributed by atoms with van der Waals surface area (Å²) >= 11 is 0. The topological polar surface area (TPSA) is 43.3 Å². The van der Waals surface area contributed by atoms with Crippen LogP contribution in [-0.4, -0.2) is 16.3 Å². The van der Waals surface area contributed by atoms with E-state index in [-0.39, 0.29) is 6.04 Å². The van der Waals surface area contributed by atoms with Gasteiger partial charge in [-0.25, -0.2) is 4.79 Å². The summed E-state index contributed by atoms with van der Waals surface area (Å²) in [6.45, 7) is 7.49. The van der Waals surface area contributed by atoms with Gasteiger partial charge in [0.15, 0.2) is 0 Å². The Labute approximate surface area is 125 Å². The van der Waals surface area contributed by atoms with Crippen molar-refractivity contribution in [1.82, 2.24) is 9.88 Å². The van der Waals surface area contributed by atoms with Crippen molar-refractivity contribution in [1.29, 1.82) is 0 Å². The number of rotatable bonds is 3. The number of benzene rings is 1. The standard InChI is InChI=1S/C17H22N2O2/c1-13(18-16(20)21-17(2,3)4)14-7-9-15(10-8-14)19-11-5-6-12-19/h5-13H,1-4H3,(H,18,20)/t13-/m1/s1. The first-order chi connectivity index (χ1) is 9.85. The highest BCUT2D eigenvalue weighted by atomic mass is 16.6. The second kappa shape index (κ2) is 6.04. The molecule has 0 bridgehead atoms. The van der Waals surface area contributed by atoms with E-state index >= 15 is 0 Å². The number of hydrogen-bond acceptors (Lipinski definition) is 2. The molecule has 1 aromatic carbocycles. The maximum Gasteiger partial charge on any atom is 0.408 e. The first-order valence-electron chi connectivity index (χ1n) is 7.08. The fourth-order valence-electron chi connectivity index (χ4n) is 2.01. The van der Waals surface area contributed by atoms with Crippen LogP contribution < -0.4 is 5.32 Å². The predicted molar refractivity (Wildman–Crippen MR) is 83.6 cm³/mol. The zero-order valence-electron chi connectivity index (χ0n) is 13.0. The van der Waals surface area contributed by atoms with Crippen molar-refractivity contribution in [3.8, 4) is 5.69 Å². The van der Waals surface area contributed by atoms with E-state index in [9.17, 15) is 4.79 Å². The lowest BCUT2D eigenvalue weighted by Crippen LogP contribution is -2.34. The van der Waals surface area contributed by atoms with Crippen LogP contribution in [0.25, 0.3) is 5.69 Å². The van der Waals surface area contributed by atoms with Crippen molar-refractivity contribution in [2.75, 3.05) is 0 Å². The summed E-state index contributed by atoms with van der Waals surface area (Å²) in [5.41, 5.74) is 1.65. The summed E-state index contributed by atoms with van der Waals surface area (Å²) in [5.74, 6) is 0. The highest BCUT2D eigenvalue weighted by Gasteiger charge is 2.18. The molecule has 2 rings (SSSR count). The summed E-state index contributed by atoms with van der Waals surface area (Å²) < 4.78 is 7.30. The first-order valence-corrected chi connectivity index (χ1v) is 7.08. The number of carbonyl (C=O) groups excluding carboxylic acids is 1. The third kappa shape index (κ3) is 4.38. The van der Waals surface area contributed by atoms with Gasteiger partial charge in [0, 0.05) is 18.1 Å². The van der Waals surface area contributed by atoms with Crippen LogP contribution in [0, 0.1) is 0 Å². The molecule has 21 heavy (non-hydrogen) atoms. The molecule has 0 aliphatic heterocycles. The Hall–Kier alpha value is -2.23. The lowest BCUT2D eigenvalue weighted by atomic mass is 10.1. The van der Waals surface area contributed by atoms with Crippen molar-refractivity contribution in [3.05, 3.63) is 54.4 Å². The second-order valence-electron chi connectivity index (χ2n) is 6.05. The molecule has 0 saturated heterocycles. The van der Waals surface area contributed by atoms with Crippen molar-refractivity contribution in [3.63, 3.8) is 0 Å². The molecular formula is C17H22N2O2. The molecule has 0 fully saturated rings. The third-order valence-corrected chi connectivity index (χ3v) is 3.03. The van der Waals surface area contributed by atoms with Crippen LogP contribution in [0.15, 0.2) is 48.8 Å².